The van der Waals surface area contributed by atoms with E-state index in [1.165, 1.54) is 29.5 Å². The summed E-state index contributed by atoms with van der Waals surface area (Å²) in [5.41, 5.74) is 4.98. The molecule has 4 nitrogen and oxygen atoms in total. The van der Waals surface area contributed by atoms with Crippen molar-refractivity contribution in [2.24, 2.45) is 5.92 Å². The average molecular weight is 465 g/mol. The van der Waals surface area contributed by atoms with Gasteiger partial charge >= 0.3 is 0 Å². The molecule has 5 heteroatoms. The number of hydrogen-bond acceptors (Lipinski definition) is 4. The van der Waals surface area contributed by atoms with E-state index in [1.54, 1.807) is 7.11 Å². The third kappa shape index (κ3) is 3.96. The molecule has 2 atom stereocenters. The quantitative estimate of drug-likeness (QED) is 0.461. The highest BCUT2D eigenvalue weighted by Gasteiger charge is 2.34. The molecule has 154 valence electrons. The normalized spacial score (nSPS) is 20.3. The predicted molar refractivity (Wildman–Crippen MR) is 124 cm³/mol. The number of methoxy groups -OCH3 is 1. The molecule has 5 rings (SSSR count). The van der Waals surface area contributed by atoms with Gasteiger partial charge in [-0.1, -0.05) is 30.3 Å². The maximum Gasteiger partial charge on any atom is 0.141 e. The zero-order valence-electron chi connectivity index (χ0n) is 17.0. The Balaban J connectivity index is 1.33. The molecule has 1 N–H and O–H groups in total. The molecule has 1 fully saturated rings. The Morgan fingerprint density at radius 1 is 1.13 bits per heavy atom. The van der Waals surface area contributed by atoms with E-state index in [2.05, 4.69) is 63.7 Å². The van der Waals surface area contributed by atoms with Crippen LogP contribution in [0.2, 0.25) is 0 Å². The third-order valence-corrected chi connectivity index (χ3v) is 6.77. The molecule has 0 saturated carbocycles. The Kier molecular flexibility index (Phi) is 5.48. The fourth-order valence-electron chi connectivity index (χ4n) is 4.50. The van der Waals surface area contributed by atoms with Crippen LogP contribution in [0.3, 0.4) is 0 Å². The third-order valence-electron chi connectivity index (χ3n) is 6.16. The van der Waals surface area contributed by atoms with Gasteiger partial charge in [-0.25, -0.2) is 4.98 Å². The number of pyridine rings is 1. The standard InChI is InChI=1S/C25H25BrN2O2/c1-29-20-9-6-16(7-10-20)14-27-25-22(26)13-18-8-5-17(11-23(18)28-25)12-24-21-4-2-3-19(21)15-30-24/h3,5-11,13,21,24H,2,4,12,14-15H2,1H3,(H,27,28). The summed E-state index contributed by atoms with van der Waals surface area (Å²) < 4.78 is 12.3. The summed E-state index contributed by atoms with van der Waals surface area (Å²) >= 11 is 3.66. The number of nitrogens with one attached hydrogen (secondary N) is 1. The molecule has 2 unspecified atom stereocenters. The summed E-state index contributed by atoms with van der Waals surface area (Å²) in [6.45, 7) is 1.51. The zero-order chi connectivity index (χ0) is 20.5. The van der Waals surface area contributed by atoms with Crippen molar-refractivity contribution in [1.29, 1.82) is 0 Å². The highest BCUT2D eigenvalue weighted by Crippen LogP contribution is 2.37. The number of fused-ring (bicyclic) bond motifs is 2. The van der Waals surface area contributed by atoms with Crippen molar-refractivity contribution >= 4 is 32.7 Å². The van der Waals surface area contributed by atoms with Crippen LogP contribution in [-0.4, -0.2) is 24.8 Å². The Morgan fingerprint density at radius 3 is 2.80 bits per heavy atom. The monoisotopic (exact) mass is 464 g/mol. The smallest absolute Gasteiger partial charge is 0.141 e. The van der Waals surface area contributed by atoms with E-state index in [1.807, 2.05) is 12.1 Å². The molecule has 2 aliphatic rings. The van der Waals surface area contributed by atoms with Crippen molar-refractivity contribution in [2.45, 2.75) is 31.9 Å². The van der Waals surface area contributed by atoms with E-state index < -0.39 is 0 Å². The van der Waals surface area contributed by atoms with Crippen LogP contribution < -0.4 is 10.1 Å². The van der Waals surface area contributed by atoms with E-state index in [0.717, 1.165) is 40.0 Å². The summed E-state index contributed by atoms with van der Waals surface area (Å²) in [4.78, 5) is 4.89. The second-order valence-electron chi connectivity index (χ2n) is 8.06. The van der Waals surface area contributed by atoms with Crippen LogP contribution in [0, 0.1) is 5.92 Å². The molecule has 2 aromatic carbocycles. The van der Waals surface area contributed by atoms with E-state index >= 15 is 0 Å². The minimum atomic E-state index is 0.305. The zero-order valence-corrected chi connectivity index (χ0v) is 18.6. The average Bonchev–Trinajstić information content (AvgIpc) is 3.38. The van der Waals surface area contributed by atoms with Gasteiger partial charge in [-0.3, -0.25) is 0 Å². The molecule has 0 radical (unpaired) electrons. The maximum atomic E-state index is 6.07. The van der Waals surface area contributed by atoms with E-state index in [9.17, 15) is 0 Å². The molecular weight excluding hydrogens is 440 g/mol. The number of aromatic nitrogens is 1. The largest absolute Gasteiger partial charge is 0.497 e. The van der Waals surface area contributed by atoms with Crippen LogP contribution in [0.15, 0.2) is 64.7 Å². The molecule has 30 heavy (non-hydrogen) atoms. The molecule has 1 saturated heterocycles. The van der Waals surface area contributed by atoms with Crippen molar-refractivity contribution < 1.29 is 9.47 Å². The number of allylic oxidation sites excluding steroid dienone is 1. The van der Waals surface area contributed by atoms with Gasteiger partial charge in [0.2, 0.25) is 0 Å². The highest BCUT2D eigenvalue weighted by molar-refractivity contribution is 9.10. The summed E-state index contributed by atoms with van der Waals surface area (Å²) in [6, 6.07) is 16.8. The van der Waals surface area contributed by atoms with Crippen LogP contribution in [0.1, 0.15) is 24.0 Å². The fraction of sp³-hybridized carbons (Fsp3) is 0.320. The molecule has 1 aliphatic carbocycles. The van der Waals surface area contributed by atoms with Gasteiger partial charge in [-0.15, -0.1) is 0 Å². The Hall–Kier alpha value is -2.37. The molecule has 0 amide bonds. The molecule has 1 aliphatic heterocycles. The molecule has 0 bridgehead atoms. The highest BCUT2D eigenvalue weighted by atomic mass is 79.9. The lowest BCUT2D eigenvalue weighted by Crippen LogP contribution is -2.18. The van der Waals surface area contributed by atoms with Crippen molar-refractivity contribution in [3.8, 4) is 5.75 Å². The van der Waals surface area contributed by atoms with Gasteiger partial charge in [0.05, 0.1) is 29.8 Å². The van der Waals surface area contributed by atoms with Gasteiger partial charge in [0.25, 0.3) is 0 Å². The lowest BCUT2D eigenvalue weighted by molar-refractivity contribution is 0.0890. The first-order valence-corrected chi connectivity index (χ1v) is 11.3. The van der Waals surface area contributed by atoms with Crippen LogP contribution >= 0.6 is 15.9 Å². The Labute approximate surface area is 185 Å². The van der Waals surface area contributed by atoms with E-state index in [4.69, 9.17) is 14.5 Å². The number of anilines is 1. The van der Waals surface area contributed by atoms with Gasteiger partial charge in [0.1, 0.15) is 11.6 Å². The summed E-state index contributed by atoms with van der Waals surface area (Å²) in [5.74, 6) is 2.33. The van der Waals surface area contributed by atoms with Crippen molar-refractivity contribution in [3.63, 3.8) is 0 Å². The SMILES string of the molecule is COc1ccc(CNc2nc3cc(CC4OCC5=CCCC54)ccc3cc2Br)cc1. The minimum absolute atomic E-state index is 0.305. The van der Waals surface area contributed by atoms with Gasteiger partial charge in [0, 0.05) is 17.8 Å². The molecule has 2 heterocycles. The number of rotatable bonds is 6. The van der Waals surface area contributed by atoms with Gasteiger partial charge < -0.3 is 14.8 Å². The van der Waals surface area contributed by atoms with Gasteiger partial charge in [0.15, 0.2) is 0 Å². The van der Waals surface area contributed by atoms with Crippen LogP contribution in [-0.2, 0) is 17.7 Å². The van der Waals surface area contributed by atoms with Crippen molar-refractivity contribution in [2.75, 3.05) is 19.0 Å². The minimum Gasteiger partial charge on any atom is -0.497 e. The van der Waals surface area contributed by atoms with Gasteiger partial charge in [-0.2, -0.15) is 0 Å². The lowest BCUT2D eigenvalue weighted by Gasteiger charge is -2.16. The summed E-state index contributed by atoms with van der Waals surface area (Å²) in [6.07, 6.45) is 6.06. The predicted octanol–water partition coefficient (Wildman–Crippen LogP) is 5.90. The molecule has 0 spiro atoms. The van der Waals surface area contributed by atoms with Gasteiger partial charge in [-0.05, 0) is 76.2 Å². The Bertz CT molecular complexity index is 1090. The number of nitrogens with zero attached hydrogens (tertiary/aromatic N) is 1. The molecule has 3 aromatic rings. The van der Waals surface area contributed by atoms with Crippen molar-refractivity contribution in [3.05, 3.63) is 75.8 Å². The number of hydrogen-bond donors (Lipinski definition) is 1. The number of benzene rings is 2. The first kappa shape index (κ1) is 19.6. The topological polar surface area (TPSA) is 43.4 Å². The number of ether oxygens (including phenoxy) is 2. The number of halogens is 1. The van der Waals surface area contributed by atoms with E-state index in [-0.39, 0.29) is 0 Å². The second kappa shape index (κ2) is 8.40. The fourth-order valence-corrected chi connectivity index (χ4v) is 4.97. The summed E-state index contributed by atoms with van der Waals surface area (Å²) in [7, 11) is 1.68. The van der Waals surface area contributed by atoms with Crippen LogP contribution in [0.5, 0.6) is 5.75 Å². The molecule has 1 aromatic heterocycles. The second-order valence-corrected chi connectivity index (χ2v) is 8.92. The van der Waals surface area contributed by atoms with Crippen LogP contribution in [0.25, 0.3) is 10.9 Å². The van der Waals surface area contributed by atoms with Crippen molar-refractivity contribution in [1.82, 2.24) is 4.98 Å². The Morgan fingerprint density at radius 2 is 1.97 bits per heavy atom. The van der Waals surface area contributed by atoms with Crippen LogP contribution in [0.4, 0.5) is 5.82 Å². The first-order valence-electron chi connectivity index (χ1n) is 10.5. The molecular formula is C25H25BrN2O2. The maximum absolute atomic E-state index is 6.07. The first-order chi connectivity index (χ1) is 14.7. The van der Waals surface area contributed by atoms with E-state index in [0.29, 0.717) is 18.6 Å². The summed E-state index contributed by atoms with van der Waals surface area (Å²) in [5, 5.41) is 4.58. The lowest BCUT2D eigenvalue weighted by atomic mass is 9.93.